The lowest BCUT2D eigenvalue weighted by Gasteiger charge is -2.07. The topological polar surface area (TPSA) is 55.1 Å². The molecule has 124 valence electrons. The minimum Gasteiger partial charge on any atom is -0.459 e. The van der Waals surface area contributed by atoms with E-state index in [4.69, 9.17) is 4.42 Å². The highest BCUT2D eigenvalue weighted by atomic mass is 32.1. The second kappa shape index (κ2) is 6.48. The number of aromatic nitrogens is 1. The first-order valence-electron chi connectivity index (χ1n) is 6.86. The quantitative estimate of drug-likeness (QED) is 0.759. The van der Waals surface area contributed by atoms with Crippen molar-refractivity contribution in [3.05, 3.63) is 64.3 Å². The molecule has 1 N–H and O–H groups in total. The van der Waals surface area contributed by atoms with Crippen molar-refractivity contribution in [2.24, 2.45) is 0 Å². The molecule has 8 heteroatoms. The molecule has 3 heterocycles. The molecule has 0 bridgehead atoms. The lowest BCUT2D eigenvalue weighted by Crippen LogP contribution is -2.23. The first-order chi connectivity index (χ1) is 11.4. The number of nitrogens with one attached hydrogen (secondary N) is 1. The molecule has 0 radical (unpaired) electrons. The van der Waals surface area contributed by atoms with E-state index in [2.05, 4.69) is 10.3 Å². The fourth-order valence-corrected chi connectivity index (χ4v) is 2.64. The molecule has 1 amide bonds. The number of thiophene rings is 1. The second-order valence-electron chi connectivity index (χ2n) is 4.89. The number of nitrogens with zero attached hydrogens (tertiary/aromatic N) is 1. The van der Waals surface area contributed by atoms with Crippen LogP contribution >= 0.6 is 11.3 Å². The maximum Gasteiger partial charge on any atom is 0.433 e. The van der Waals surface area contributed by atoms with Crippen LogP contribution in [0.1, 0.15) is 21.8 Å². The van der Waals surface area contributed by atoms with E-state index in [-0.39, 0.29) is 12.1 Å². The minimum absolute atomic E-state index is 0.0487. The van der Waals surface area contributed by atoms with Crippen molar-refractivity contribution in [1.29, 1.82) is 0 Å². The lowest BCUT2D eigenvalue weighted by atomic mass is 10.2. The summed E-state index contributed by atoms with van der Waals surface area (Å²) in [6.45, 7) is 0.129. The summed E-state index contributed by atoms with van der Waals surface area (Å²) < 4.78 is 42.9. The van der Waals surface area contributed by atoms with Crippen LogP contribution in [-0.4, -0.2) is 10.9 Å². The Morgan fingerprint density at radius 1 is 1.21 bits per heavy atom. The molecule has 3 rings (SSSR count). The first-order valence-corrected chi connectivity index (χ1v) is 7.80. The smallest absolute Gasteiger partial charge is 0.433 e. The normalized spacial score (nSPS) is 11.5. The van der Waals surface area contributed by atoms with E-state index < -0.39 is 17.8 Å². The van der Waals surface area contributed by atoms with E-state index >= 15 is 0 Å². The van der Waals surface area contributed by atoms with Crippen molar-refractivity contribution in [2.75, 3.05) is 0 Å². The molecule has 4 nitrogen and oxygen atoms in total. The number of carbonyl (C=O) groups is 1. The maximum absolute atomic E-state index is 12.4. The molecule has 0 aliphatic rings. The van der Waals surface area contributed by atoms with Crippen LogP contribution in [0.2, 0.25) is 0 Å². The van der Waals surface area contributed by atoms with Gasteiger partial charge in [-0.3, -0.25) is 9.78 Å². The van der Waals surface area contributed by atoms with Gasteiger partial charge in [-0.05, 0) is 35.7 Å². The number of amides is 1. The standard InChI is InChI=1S/C16H11F3N2O2S/c17-16(18,19)14-4-1-10(7-20-14)15(22)21-8-12-2-3-13(23-12)11-5-6-24-9-11/h1-7,9H,8H2,(H,21,22). The van der Waals surface area contributed by atoms with Gasteiger partial charge in [-0.25, -0.2) is 0 Å². The van der Waals surface area contributed by atoms with E-state index in [1.54, 1.807) is 23.5 Å². The summed E-state index contributed by atoms with van der Waals surface area (Å²) in [7, 11) is 0. The van der Waals surface area contributed by atoms with Gasteiger partial charge in [-0.15, -0.1) is 0 Å². The van der Waals surface area contributed by atoms with Crippen molar-refractivity contribution in [3.8, 4) is 11.3 Å². The average molecular weight is 352 g/mol. The summed E-state index contributed by atoms with van der Waals surface area (Å²) in [5.41, 5.74) is -0.0392. The largest absolute Gasteiger partial charge is 0.459 e. The third kappa shape index (κ3) is 3.65. The van der Waals surface area contributed by atoms with E-state index in [0.29, 0.717) is 11.5 Å². The van der Waals surface area contributed by atoms with Gasteiger partial charge in [0.1, 0.15) is 17.2 Å². The predicted molar refractivity (Wildman–Crippen MR) is 82.4 cm³/mol. The predicted octanol–water partition coefficient (Wildman–Crippen LogP) is 4.35. The van der Waals surface area contributed by atoms with Crippen LogP contribution in [0.5, 0.6) is 0 Å². The van der Waals surface area contributed by atoms with Crippen LogP contribution < -0.4 is 5.32 Å². The van der Waals surface area contributed by atoms with Gasteiger partial charge in [-0.2, -0.15) is 24.5 Å². The molecule has 0 fully saturated rings. The van der Waals surface area contributed by atoms with Gasteiger partial charge in [-0.1, -0.05) is 0 Å². The molecule has 0 saturated carbocycles. The number of carbonyl (C=O) groups excluding carboxylic acids is 1. The van der Waals surface area contributed by atoms with Crippen molar-refractivity contribution < 1.29 is 22.4 Å². The molecule has 24 heavy (non-hydrogen) atoms. The van der Waals surface area contributed by atoms with Crippen LogP contribution in [0.25, 0.3) is 11.3 Å². The fraction of sp³-hybridized carbons (Fsp3) is 0.125. The van der Waals surface area contributed by atoms with E-state index in [0.717, 1.165) is 23.9 Å². The van der Waals surface area contributed by atoms with Crippen molar-refractivity contribution in [1.82, 2.24) is 10.3 Å². The number of halogens is 3. The third-order valence-corrected chi connectivity index (χ3v) is 3.89. The van der Waals surface area contributed by atoms with Gasteiger partial charge in [0, 0.05) is 17.1 Å². The molecule has 0 atom stereocenters. The summed E-state index contributed by atoms with van der Waals surface area (Å²) in [4.78, 5) is 15.2. The molecule has 0 aromatic carbocycles. The molecule has 0 aliphatic carbocycles. The van der Waals surface area contributed by atoms with E-state index in [1.807, 2.05) is 16.8 Å². The van der Waals surface area contributed by atoms with Crippen molar-refractivity contribution in [2.45, 2.75) is 12.7 Å². The number of hydrogen-bond donors (Lipinski definition) is 1. The van der Waals surface area contributed by atoms with Gasteiger partial charge in [0.2, 0.25) is 0 Å². The lowest BCUT2D eigenvalue weighted by molar-refractivity contribution is -0.141. The zero-order valence-corrected chi connectivity index (χ0v) is 12.9. The summed E-state index contributed by atoms with van der Waals surface area (Å²) in [5, 5.41) is 6.45. The highest BCUT2D eigenvalue weighted by Gasteiger charge is 2.32. The molecule has 3 aromatic heterocycles. The van der Waals surface area contributed by atoms with Gasteiger partial charge in [0.05, 0.1) is 12.1 Å². The Kier molecular flexibility index (Phi) is 4.39. The van der Waals surface area contributed by atoms with Crippen LogP contribution in [0, 0.1) is 0 Å². The van der Waals surface area contributed by atoms with Crippen LogP contribution in [0.3, 0.4) is 0 Å². The Morgan fingerprint density at radius 2 is 2.04 bits per heavy atom. The fourth-order valence-electron chi connectivity index (χ4n) is 2.00. The highest BCUT2D eigenvalue weighted by molar-refractivity contribution is 7.08. The van der Waals surface area contributed by atoms with Crippen LogP contribution in [0.4, 0.5) is 13.2 Å². The highest BCUT2D eigenvalue weighted by Crippen LogP contribution is 2.27. The minimum atomic E-state index is -4.53. The van der Waals surface area contributed by atoms with E-state index in [9.17, 15) is 18.0 Å². The molecule has 3 aromatic rings. The first kappa shape index (κ1) is 16.3. The number of rotatable bonds is 4. The molecular weight excluding hydrogens is 341 g/mol. The maximum atomic E-state index is 12.4. The molecular formula is C16H11F3N2O2S. The summed E-state index contributed by atoms with van der Waals surface area (Å²) in [6, 6.07) is 7.31. The molecule has 0 spiro atoms. The monoisotopic (exact) mass is 352 g/mol. The van der Waals surface area contributed by atoms with Gasteiger partial charge in [0.25, 0.3) is 5.91 Å². The zero-order chi connectivity index (χ0) is 17.2. The average Bonchev–Trinajstić information content (AvgIpc) is 3.23. The molecule has 0 aliphatic heterocycles. The van der Waals surface area contributed by atoms with Gasteiger partial charge < -0.3 is 9.73 Å². The van der Waals surface area contributed by atoms with Crippen LogP contribution in [0.15, 0.2) is 51.7 Å². The number of pyridine rings is 1. The SMILES string of the molecule is O=C(NCc1ccc(-c2ccsc2)o1)c1ccc(C(F)(F)F)nc1. The molecule has 0 unspecified atom stereocenters. The van der Waals surface area contributed by atoms with E-state index in [1.165, 1.54) is 0 Å². The Hall–Kier alpha value is -2.61. The summed E-state index contributed by atoms with van der Waals surface area (Å²) in [6.07, 6.45) is -3.63. The van der Waals surface area contributed by atoms with Crippen LogP contribution in [-0.2, 0) is 12.7 Å². The second-order valence-corrected chi connectivity index (χ2v) is 5.67. The van der Waals surface area contributed by atoms with Gasteiger partial charge in [0.15, 0.2) is 0 Å². The number of hydrogen-bond acceptors (Lipinski definition) is 4. The Balaban J connectivity index is 1.61. The van der Waals surface area contributed by atoms with Crippen molar-refractivity contribution >= 4 is 17.2 Å². The third-order valence-electron chi connectivity index (χ3n) is 3.21. The molecule has 0 saturated heterocycles. The Bertz CT molecular complexity index is 824. The Morgan fingerprint density at radius 3 is 2.67 bits per heavy atom. The summed E-state index contributed by atoms with van der Waals surface area (Å²) >= 11 is 1.55. The Labute approximate surface area is 139 Å². The van der Waals surface area contributed by atoms with Crippen molar-refractivity contribution in [3.63, 3.8) is 0 Å². The summed E-state index contributed by atoms with van der Waals surface area (Å²) in [5.74, 6) is 0.714. The number of furan rings is 1. The van der Waals surface area contributed by atoms with Gasteiger partial charge >= 0.3 is 6.18 Å². The zero-order valence-electron chi connectivity index (χ0n) is 12.1. The number of alkyl halides is 3.